The fourth-order valence-corrected chi connectivity index (χ4v) is 6.66. The van der Waals surface area contributed by atoms with E-state index in [1.54, 1.807) is 0 Å². The highest BCUT2D eigenvalue weighted by molar-refractivity contribution is 7.93. The summed E-state index contributed by atoms with van der Waals surface area (Å²) in [5, 5.41) is 16.5. The van der Waals surface area contributed by atoms with Crippen LogP contribution in [0.4, 0.5) is 20.5 Å². The van der Waals surface area contributed by atoms with Crippen molar-refractivity contribution >= 4 is 55.8 Å². The van der Waals surface area contributed by atoms with E-state index >= 15 is 0 Å². The van der Waals surface area contributed by atoms with Gasteiger partial charge >= 0.3 is 23.1 Å². The molecule has 1 atom stereocenters. The second kappa shape index (κ2) is 10.5. The largest absolute Gasteiger partial charge is 0.378 e. The molecule has 2 N–H and O–H groups in total. The number of thiazole rings is 1. The number of carbonyl (C=O) groups is 1. The summed E-state index contributed by atoms with van der Waals surface area (Å²) in [5.74, 6) is 0. The van der Waals surface area contributed by atoms with Crippen LogP contribution < -0.4 is 14.9 Å². The van der Waals surface area contributed by atoms with E-state index in [0.29, 0.717) is 46.2 Å². The Bertz CT molecular complexity index is 1130. The van der Waals surface area contributed by atoms with Crippen molar-refractivity contribution in [2.45, 2.75) is 11.1 Å². The van der Waals surface area contributed by atoms with Crippen molar-refractivity contribution in [2.75, 3.05) is 43.6 Å². The van der Waals surface area contributed by atoms with Crippen LogP contribution in [0.1, 0.15) is 5.01 Å². The number of urea groups is 1. The molecule has 13 heteroatoms. The third kappa shape index (κ3) is 5.45. The Morgan fingerprint density at radius 3 is 2.67 bits per heavy atom. The lowest BCUT2D eigenvalue weighted by atomic mass is 10.2. The van der Waals surface area contributed by atoms with Gasteiger partial charge in [-0.05, 0) is 6.92 Å². The number of nitrogens with zero attached hydrogens (tertiary/aromatic N) is 3. The van der Waals surface area contributed by atoms with Crippen molar-refractivity contribution in [3.05, 3.63) is 51.5 Å². The predicted octanol–water partition coefficient (Wildman–Crippen LogP) is 4.20. The molecule has 2 aromatic heterocycles. The molecule has 2 amide bonds. The lowest BCUT2D eigenvalue weighted by molar-refractivity contribution is -0.383. The maximum atomic E-state index is 12.8. The number of thiophene rings is 1. The molecule has 1 fully saturated rings. The van der Waals surface area contributed by atoms with Crippen molar-refractivity contribution in [3.8, 4) is 11.3 Å². The third-order valence-corrected chi connectivity index (χ3v) is 8.47. The molecule has 33 heavy (non-hydrogen) atoms. The van der Waals surface area contributed by atoms with Crippen molar-refractivity contribution < 1.29 is 18.6 Å². The highest BCUT2D eigenvalue weighted by Gasteiger charge is 2.36. The molecule has 1 saturated heterocycles. The average Bonchev–Trinajstić information content (AvgIpc) is 3.42. The smallest absolute Gasteiger partial charge is 0.364 e. The number of benzene rings is 1. The van der Waals surface area contributed by atoms with Gasteiger partial charge in [0, 0.05) is 18.7 Å². The summed E-state index contributed by atoms with van der Waals surface area (Å²) < 4.78 is 14.2. The number of nitrogens with one attached hydrogen (secondary N) is 2. The van der Waals surface area contributed by atoms with Crippen molar-refractivity contribution in [2.24, 2.45) is 0 Å². The lowest BCUT2D eigenvalue weighted by Gasteiger charge is -2.26. The highest BCUT2D eigenvalue weighted by atomic mass is 32.2. The summed E-state index contributed by atoms with van der Waals surface area (Å²) in [5.41, 5.74) is 1.58. The number of nitro groups is 1. The molecule has 0 aliphatic carbocycles. The van der Waals surface area contributed by atoms with Gasteiger partial charge < -0.3 is 9.64 Å². The van der Waals surface area contributed by atoms with Crippen LogP contribution in [-0.2, 0) is 20.3 Å². The molecule has 174 valence electrons. The van der Waals surface area contributed by atoms with E-state index in [9.17, 15) is 14.9 Å². The standard InChI is InChI=1S/C20H21N5O5S3/c1-13-21-17(14-6-4-3-5-7-14)18(31-13)22-20(26)23-33(29-2)16-12-15(25(27)28)19(32-16)24-8-10-30-11-9-24/h3-7,12H,8-11H2,1-2H3,(H-,22,23,26)/p+1. The molecule has 0 saturated carbocycles. The molecule has 0 radical (unpaired) electrons. The van der Waals surface area contributed by atoms with Crippen molar-refractivity contribution in [1.82, 2.24) is 9.71 Å². The summed E-state index contributed by atoms with van der Waals surface area (Å²) in [7, 11) is 1.45. The number of aryl methyl sites for hydroxylation is 1. The first kappa shape index (κ1) is 23.4. The fraction of sp³-hybridized carbons (Fsp3) is 0.300. The highest BCUT2D eigenvalue weighted by Crippen LogP contribution is 2.40. The minimum atomic E-state index is -1.17. The van der Waals surface area contributed by atoms with Gasteiger partial charge in [-0.25, -0.2) is 9.78 Å². The molecule has 1 aliphatic heterocycles. The molecule has 0 spiro atoms. The van der Waals surface area contributed by atoms with Crippen molar-refractivity contribution in [3.63, 3.8) is 0 Å². The van der Waals surface area contributed by atoms with Gasteiger partial charge in [-0.2, -0.15) is 0 Å². The summed E-state index contributed by atoms with van der Waals surface area (Å²) in [6.45, 7) is 4.04. The SMILES string of the molecule is CO[S+](NC(=O)Nc1sc(C)nc1-c1ccccc1)c1cc([N+](=O)[O-])c(N2CCOCC2)s1. The summed E-state index contributed by atoms with van der Waals surface area (Å²) in [6, 6.07) is 10.6. The van der Waals surface area contributed by atoms with Crippen LogP contribution >= 0.6 is 22.7 Å². The van der Waals surface area contributed by atoms with Crippen LogP contribution in [-0.4, -0.2) is 49.4 Å². The van der Waals surface area contributed by atoms with E-state index in [-0.39, 0.29) is 5.69 Å². The first-order valence-corrected chi connectivity index (χ1v) is 12.7. The van der Waals surface area contributed by atoms with E-state index in [2.05, 4.69) is 15.0 Å². The van der Waals surface area contributed by atoms with Crippen LogP contribution in [0.3, 0.4) is 0 Å². The second-order valence-corrected chi connectivity index (χ2v) is 10.9. The Morgan fingerprint density at radius 1 is 1.27 bits per heavy atom. The summed E-state index contributed by atoms with van der Waals surface area (Å²) in [4.78, 5) is 30.5. The first-order chi connectivity index (χ1) is 16.0. The quantitative estimate of drug-likeness (QED) is 0.279. The molecule has 1 aromatic carbocycles. The molecule has 0 bridgehead atoms. The first-order valence-electron chi connectivity index (χ1n) is 9.96. The number of aromatic nitrogens is 1. The van der Waals surface area contributed by atoms with E-state index in [0.717, 1.165) is 10.6 Å². The van der Waals surface area contributed by atoms with Crippen molar-refractivity contribution in [1.29, 1.82) is 0 Å². The third-order valence-electron chi connectivity index (χ3n) is 4.71. The fourth-order valence-electron chi connectivity index (χ4n) is 3.26. The number of morpholine rings is 1. The molecule has 3 aromatic rings. The average molecular weight is 509 g/mol. The van der Waals surface area contributed by atoms with Gasteiger partial charge in [-0.15, -0.1) is 20.2 Å². The molecular weight excluding hydrogens is 486 g/mol. The second-order valence-electron chi connectivity index (χ2n) is 6.88. The van der Waals surface area contributed by atoms with Crippen LogP contribution in [0, 0.1) is 17.0 Å². The number of ether oxygens (including phenoxy) is 1. The van der Waals surface area contributed by atoms with E-state index in [1.165, 1.54) is 35.8 Å². The Labute approximate surface area is 201 Å². The van der Waals surface area contributed by atoms with Gasteiger partial charge in [0.05, 0.1) is 36.3 Å². The van der Waals surface area contributed by atoms with Gasteiger partial charge in [0.15, 0.2) is 5.00 Å². The number of hydrogen-bond donors (Lipinski definition) is 2. The molecule has 1 unspecified atom stereocenters. The Balaban J connectivity index is 1.52. The molecule has 1 aliphatic rings. The van der Waals surface area contributed by atoms with Crippen LogP contribution in [0.15, 0.2) is 40.6 Å². The van der Waals surface area contributed by atoms with Gasteiger partial charge in [0.2, 0.25) is 0 Å². The molecule has 4 rings (SSSR count). The van der Waals surface area contributed by atoms with Gasteiger partial charge in [0.25, 0.3) is 4.21 Å². The van der Waals surface area contributed by atoms with Gasteiger partial charge in [0.1, 0.15) is 10.7 Å². The van der Waals surface area contributed by atoms with Crippen LogP contribution in [0.25, 0.3) is 11.3 Å². The zero-order valence-electron chi connectivity index (χ0n) is 17.9. The summed E-state index contributed by atoms with van der Waals surface area (Å²) in [6.07, 6.45) is 0. The minimum absolute atomic E-state index is 0.00176. The topological polar surface area (TPSA) is 119 Å². The van der Waals surface area contributed by atoms with Crippen LogP contribution in [0.2, 0.25) is 0 Å². The Morgan fingerprint density at radius 2 is 2.00 bits per heavy atom. The number of carbonyl (C=O) groups excluding carboxylic acids is 1. The van der Waals surface area contributed by atoms with Gasteiger partial charge in [-0.1, -0.05) is 41.7 Å². The Hall–Kier alpha value is -2.71. The molecule has 3 heterocycles. The predicted molar refractivity (Wildman–Crippen MR) is 131 cm³/mol. The number of anilines is 2. The van der Waals surface area contributed by atoms with E-state index in [1.807, 2.05) is 42.2 Å². The Kier molecular flexibility index (Phi) is 7.45. The summed E-state index contributed by atoms with van der Waals surface area (Å²) >= 11 is 1.44. The monoisotopic (exact) mass is 508 g/mol. The molecule has 10 nitrogen and oxygen atoms in total. The number of hydrogen-bond acceptors (Lipinski definition) is 9. The normalized spacial score (nSPS) is 14.7. The maximum Gasteiger partial charge on any atom is 0.364 e. The molecular formula is C20H22N5O5S3+. The van der Waals surface area contributed by atoms with Crippen LogP contribution in [0.5, 0.6) is 0 Å². The lowest BCUT2D eigenvalue weighted by Crippen LogP contribution is -2.36. The van der Waals surface area contributed by atoms with Gasteiger partial charge in [-0.3, -0.25) is 15.4 Å². The number of rotatable bonds is 7. The number of amides is 2. The maximum absolute atomic E-state index is 12.8. The zero-order valence-corrected chi connectivity index (χ0v) is 20.3. The zero-order chi connectivity index (χ0) is 23.4. The van der Waals surface area contributed by atoms with E-state index < -0.39 is 22.3 Å². The minimum Gasteiger partial charge on any atom is -0.378 e. The van der Waals surface area contributed by atoms with E-state index in [4.69, 9.17) is 8.92 Å².